The number of carbonyl (C=O) groups is 1. The van der Waals surface area contributed by atoms with Crippen LogP contribution in [0.15, 0.2) is 54.6 Å². The Morgan fingerprint density at radius 3 is 2.45 bits per heavy atom. The van der Waals surface area contributed by atoms with Crippen LogP contribution in [0.2, 0.25) is 5.02 Å². The molecule has 1 atom stereocenters. The molecule has 0 radical (unpaired) electrons. The van der Waals surface area contributed by atoms with E-state index in [1.807, 2.05) is 59.5 Å². The zero-order valence-corrected chi connectivity index (χ0v) is 20.5. The molecular formula is C25H32ClN3O3S. The Balaban J connectivity index is 1.28. The summed E-state index contributed by atoms with van der Waals surface area (Å²) in [6, 6.07) is 17.7. The molecule has 0 saturated carbocycles. The van der Waals surface area contributed by atoms with Crippen LogP contribution >= 0.6 is 11.6 Å². The number of hydrogen-bond acceptors (Lipinski definition) is 4. The molecule has 0 unspecified atom stereocenters. The van der Waals surface area contributed by atoms with E-state index in [-0.39, 0.29) is 17.6 Å². The van der Waals surface area contributed by atoms with Crippen LogP contribution in [0, 0.1) is 5.92 Å². The molecule has 178 valence electrons. The van der Waals surface area contributed by atoms with Gasteiger partial charge in [-0.2, -0.15) is 0 Å². The van der Waals surface area contributed by atoms with Crippen molar-refractivity contribution in [2.45, 2.75) is 25.7 Å². The quantitative estimate of drug-likeness (QED) is 0.595. The van der Waals surface area contributed by atoms with Gasteiger partial charge in [0.2, 0.25) is 15.9 Å². The highest BCUT2D eigenvalue weighted by Crippen LogP contribution is 2.25. The molecule has 2 aromatic carbocycles. The zero-order chi connectivity index (χ0) is 23.3. The maximum Gasteiger partial charge on any atom is 0.227 e. The SMILES string of the molecule is O=C([C@@H]1CCCN(S(=O)(=O)CCCc2ccccc2)C1)N1CCN(c2cccc(Cl)c2)CC1. The number of nitrogens with zero attached hydrogens (tertiary/aromatic N) is 3. The molecule has 6 nitrogen and oxygen atoms in total. The third-order valence-electron chi connectivity index (χ3n) is 6.60. The van der Waals surface area contributed by atoms with Crippen LogP contribution in [-0.4, -0.2) is 68.6 Å². The molecule has 0 bridgehead atoms. The second-order valence-corrected chi connectivity index (χ2v) is 11.4. The number of anilines is 1. The van der Waals surface area contributed by atoms with Crippen molar-refractivity contribution in [3.63, 3.8) is 0 Å². The zero-order valence-electron chi connectivity index (χ0n) is 18.9. The van der Waals surface area contributed by atoms with Gasteiger partial charge in [0.05, 0.1) is 11.7 Å². The van der Waals surface area contributed by atoms with Crippen LogP contribution in [0.3, 0.4) is 0 Å². The van der Waals surface area contributed by atoms with Gasteiger partial charge in [-0.15, -0.1) is 0 Å². The number of amides is 1. The first kappa shape index (κ1) is 24.0. The number of benzene rings is 2. The number of hydrogen-bond donors (Lipinski definition) is 0. The summed E-state index contributed by atoms with van der Waals surface area (Å²) in [7, 11) is -3.36. The second-order valence-electron chi connectivity index (χ2n) is 8.89. The Morgan fingerprint density at radius 2 is 1.73 bits per heavy atom. The number of halogens is 1. The summed E-state index contributed by atoms with van der Waals surface area (Å²) in [4.78, 5) is 17.3. The Hall–Kier alpha value is -2.09. The topological polar surface area (TPSA) is 60.9 Å². The Morgan fingerprint density at radius 1 is 0.970 bits per heavy atom. The minimum atomic E-state index is -3.36. The molecular weight excluding hydrogens is 458 g/mol. The standard InChI is InChI=1S/C25H32ClN3O3S/c26-23-11-4-12-24(19-23)27-14-16-28(17-15-27)25(30)22-10-5-13-29(20-22)33(31,32)18-6-9-21-7-2-1-3-8-21/h1-4,7-8,11-12,19,22H,5-6,9-10,13-18,20H2/t22-/m1/s1. The van der Waals surface area contributed by atoms with Crippen LogP contribution in [0.5, 0.6) is 0 Å². The van der Waals surface area contributed by atoms with Crippen molar-refractivity contribution in [1.82, 2.24) is 9.21 Å². The van der Waals surface area contributed by atoms with E-state index in [1.54, 1.807) is 4.31 Å². The first-order chi connectivity index (χ1) is 15.9. The van der Waals surface area contributed by atoms with Crippen LogP contribution in [0.1, 0.15) is 24.8 Å². The van der Waals surface area contributed by atoms with E-state index in [4.69, 9.17) is 11.6 Å². The number of rotatable bonds is 7. The second kappa shape index (κ2) is 10.9. The van der Waals surface area contributed by atoms with Gasteiger partial charge in [-0.25, -0.2) is 12.7 Å². The van der Waals surface area contributed by atoms with Crippen LogP contribution in [-0.2, 0) is 21.2 Å². The molecule has 0 aromatic heterocycles. The van der Waals surface area contributed by atoms with Crippen molar-refractivity contribution in [2.24, 2.45) is 5.92 Å². The van der Waals surface area contributed by atoms with Crippen LogP contribution < -0.4 is 4.90 Å². The summed E-state index contributed by atoms with van der Waals surface area (Å²) < 4.78 is 27.4. The number of aryl methyl sites for hydroxylation is 1. The smallest absolute Gasteiger partial charge is 0.227 e. The van der Waals surface area contributed by atoms with Crippen molar-refractivity contribution < 1.29 is 13.2 Å². The van der Waals surface area contributed by atoms with Crippen molar-refractivity contribution in [2.75, 3.05) is 49.9 Å². The normalized spacial score (nSPS) is 20.1. The number of piperidine rings is 1. The van der Waals surface area contributed by atoms with Crippen molar-refractivity contribution in [3.05, 3.63) is 65.2 Å². The van der Waals surface area contributed by atoms with E-state index in [2.05, 4.69) is 4.90 Å². The lowest BCUT2D eigenvalue weighted by molar-refractivity contribution is -0.137. The van der Waals surface area contributed by atoms with Gasteiger partial charge < -0.3 is 9.80 Å². The third kappa shape index (κ3) is 6.28. The summed E-state index contributed by atoms with van der Waals surface area (Å²) in [5.74, 6) is -0.0357. The minimum absolute atomic E-state index is 0.0879. The predicted molar refractivity (Wildman–Crippen MR) is 133 cm³/mol. The van der Waals surface area contributed by atoms with E-state index < -0.39 is 10.0 Å². The molecule has 1 amide bonds. The Kier molecular flexibility index (Phi) is 7.94. The summed E-state index contributed by atoms with van der Waals surface area (Å²) in [6.07, 6.45) is 2.82. The molecule has 0 aliphatic carbocycles. The van der Waals surface area contributed by atoms with Gasteiger partial charge in [0, 0.05) is 50.0 Å². The fraction of sp³-hybridized carbons (Fsp3) is 0.480. The first-order valence-electron chi connectivity index (χ1n) is 11.7. The number of piperazine rings is 1. The Bertz CT molecular complexity index is 1040. The van der Waals surface area contributed by atoms with Gasteiger partial charge in [0.15, 0.2) is 0 Å². The van der Waals surface area contributed by atoms with Crippen molar-refractivity contribution >= 4 is 33.2 Å². The monoisotopic (exact) mass is 489 g/mol. The summed E-state index contributed by atoms with van der Waals surface area (Å²) in [5.41, 5.74) is 2.22. The largest absolute Gasteiger partial charge is 0.368 e. The third-order valence-corrected chi connectivity index (χ3v) is 8.76. The lowest BCUT2D eigenvalue weighted by atomic mass is 9.97. The molecule has 0 spiro atoms. The molecule has 2 aliphatic heterocycles. The van der Waals surface area contributed by atoms with Gasteiger partial charge >= 0.3 is 0 Å². The van der Waals surface area contributed by atoms with Gasteiger partial charge in [-0.3, -0.25) is 4.79 Å². The number of sulfonamides is 1. The maximum absolute atomic E-state index is 13.2. The molecule has 2 saturated heterocycles. The minimum Gasteiger partial charge on any atom is -0.368 e. The Labute approximate surface area is 202 Å². The van der Waals surface area contributed by atoms with E-state index in [0.29, 0.717) is 37.6 Å². The highest BCUT2D eigenvalue weighted by molar-refractivity contribution is 7.89. The van der Waals surface area contributed by atoms with Crippen molar-refractivity contribution in [1.29, 1.82) is 0 Å². The molecule has 2 heterocycles. The molecule has 4 rings (SSSR count). The van der Waals surface area contributed by atoms with Gasteiger partial charge in [0.1, 0.15) is 0 Å². The van der Waals surface area contributed by atoms with E-state index >= 15 is 0 Å². The van der Waals surface area contributed by atoms with Gasteiger partial charge in [-0.1, -0.05) is 48.0 Å². The molecule has 2 aliphatic rings. The highest BCUT2D eigenvalue weighted by Gasteiger charge is 2.35. The maximum atomic E-state index is 13.2. The molecule has 0 N–H and O–H groups in total. The predicted octanol–water partition coefficient (Wildman–Crippen LogP) is 3.66. The molecule has 8 heteroatoms. The lowest BCUT2D eigenvalue weighted by Gasteiger charge is -2.39. The lowest BCUT2D eigenvalue weighted by Crippen LogP contribution is -2.53. The fourth-order valence-electron chi connectivity index (χ4n) is 4.75. The summed E-state index contributed by atoms with van der Waals surface area (Å²) in [5, 5.41) is 0.707. The summed E-state index contributed by atoms with van der Waals surface area (Å²) in [6.45, 7) is 3.61. The summed E-state index contributed by atoms with van der Waals surface area (Å²) >= 11 is 6.11. The van der Waals surface area contributed by atoms with E-state index in [1.165, 1.54) is 0 Å². The molecule has 33 heavy (non-hydrogen) atoms. The fourth-order valence-corrected chi connectivity index (χ4v) is 6.51. The van der Waals surface area contributed by atoms with Crippen LogP contribution in [0.25, 0.3) is 0 Å². The molecule has 2 aromatic rings. The highest BCUT2D eigenvalue weighted by atomic mass is 35.5. The average molecular weight is 490 g/mol. The number of carbonyl (C=O) groups excluding carboxylic acids is 1. The average Bonchev–Trinajstić information content (AvgIpc) is 2.84. The van der Waals surface area contributed by atoms with E-state index in [0.717, 1.165) is 43.6 Å². The van der Waals surface area contributed by atoms with Crippen molar-refractivity contribution in [3.8, 4) is 0 Å². The molecule has 2 fully saturated rings. The van der Waals surface area contributed by atoms with Crippen LogP contribution in [0.4, 0.5) is 5.69 Å². The first-order valence-corrected chi connectivity index (χ1v) is 13.7. The van der Waals surface area contributed by atoms with Gasteiger partial charge in [-0.05, 0) is 49.4 Å². The van der Waals surface area contributed by atoms with Gasteiger partial charge in [0.25, 0.3) is 0 Å². The van der Waals surface area contributed by atoms with E-state index in [9.17, 15) is 13.2 Å².